The summed E-state index contributed by atoms with van der Waals surface area (Å²) in [7, 11) is 0. The number of halogens is 8. The molecule has 1 heterocycles. The smallest absolute Gasteiger partial charge is 0.440 e. The molecular formula is C16H18F8O4. The van der Waals surface area contributed by atoms with Crippen molar-refractivity contribution in [3.8, 4) is 0 Å². The highest BCUT2D eigenvalue weighted by atomic mass is 19.4. The molecule has 7 atom stereocenters. The van der Waals surface area contributed by atoms with Gasteiger partial charge in [-0.15, -0.1) is 0 Å². The lowest BCUT2D eigenvalue weighted by molar-refractivity contribution is -0.421. The van der Waals surface area contributed by atoms with Crippen LogP contribution in [0.2, 0.25) is 0 Å². The fourth-order valence-electron chi connectivity index (χ4n) is 4.79. The van der Waals surface area contributed by atoms with E-state index < -0.39 is 54.1 Å². The number of rotatable bonds is 2. The molecule has 3 fully saturated rings. The van der Waals surface area contributed by atoms with Crippen LogP contribution in [0.5, 0.6) is 0 Å². The normalized spacial score (nSPS) is 45.5. The summed E-state index contributed by atoms with van der Waals surface area (Å²) in [6.45, 7) is 1.29. The summed E-state index contributed by atoms with van der Waals surface area (Å²) in [6, 6.07) is 0. The Balaban J connectivity index is 1.94. The van der Waals surface area contributed by atoms with Crippen molar-refractivity contribution in [2.75, 3.05) is 6.61 Å². The van der Waals surface area contributed by atoms with E-state index in [0.29, 0.717) is 6.42 Å². The first-order valence-electron chi connectivity index (χ1n) is 8.60. The fraction of sp³-hybridized carbons (Fsp3) is 0.938. The van der Waals surface area contributed by atoms with Crippen molar-refractivity contribution in [2.45, 2.75) is 56.4 Å². The minimum absolute atomic E-state index is 0.00756. The van der Waals surface area contributed by atoms with Crippen molar-refractivity contribution in [3.63, 3.8) is 0 Å². The average molecular weight is 426 g/mol. The Hall–Kier alpha value is -1.17. The molecule has 4 nitrogen and oxygen atoms in total. The summed E-state index contributed by atoms with van der Waals surface area (Å²) in [5.41, 5.74) is -4.95. The van der Waals surface area contributed by atoms with E-state index in [1.807, 2.05) is 6.92 Å². The van der Waals surface area contributed by atoms with Crippen LogP contribution in [0.25, 0.3) is 0 Å². The van der Waals surface area contributed by atoms with Gasteiger partial charge in [-0.2, -0.15) is 35.1 Å². The minimum atomic E-state index is -6.26. The van der Waals surface area contributed by atoms with E-state index in [9.17, 15) is 45.0 Å². The highest BCUT2D eigenvalue weighted by Gasteiger charge is 2.90. The van der Waals surface area contributed by atoms with Crippen LogP contribution in [0, 0.1) is 29.6 Å². The highest BCUT2D eigenvalue weighted by molar-refractivity contribution is 5.74. The molecule has 0 aromatic heterocycles. The van der Waals surface area contributed by atoms with E-state index in [2.05, 4.69) is 9.47 Å². The van der Waals surface area contributed by atoms with E-state index in [4.69, 9.17) is 0 Å². The predicted molar refractivity (Wildman–Crippen MR) is 74.8 cm³/mol. The van der Waals surface area contributed by atoms with Crippen LogP contribution in [-0.4, -0.2) is 47.3 Å². The van der Waals surface area contributed by atoms with Gasteiger partial charge in [0.2, 0.25) is 0 Å². The molecule has 0 aromatic carbocycles. The molecule has 0 spiro atoms. The summed E-state index contributed by atoms with van der Waals surface area (Å²) < 4.78 is 115. The van der Waals surface area contributed by atoms with Gasteiger partial charge in [-0.05, 0) is 36.5 Å². The third kappa shape index (κ3) is 2.52. The maximum absolute atomic E-state index is 14.4. The van der Waals surface area contributed by atoms with Crippen LogP contribution in [0.3, 0.4) is 0 Å². The van der Waals surface area contributed by atoms with Crippen LogP contribution in [0.15, 0.2) is 0 Å². The SMILES string of the molecule is CC1C2CC(C(=O)OC3(C(F)(F)F)COC(O)(C(F)(F)F)C3(F)F)C(C2)C1C. The first-order valence-corrected chi connectivity index (χ1v) is 8.60. The van der Waals surface area contributed by atoms with Gasteiger partial charge in [0.05, 0.1) is 5.92 Å². The monoisotopic (exact) mass is 426 g/mol. The Bertz CT molecular complexity index is 660. The number of ether oxygens (including phenoxy) is 2. The number of hydrogen-bond acceptors (Lipinski definition) is 4. The maximum Gasteiger partial charge on any atom is 0.449 e. The molecule has 0 aromatic rings. The van der Waals surface area contributed by atoms with E-state index >= 15 is 0 Å². The lowest BCUT2D eigenvalue weighted by Crippen LogP contribution is -2.69. The molecular weight excluding hydrogens is 408 g/mol. The van der Waals surface area contributed by atoms with Crippen LogP contribution in [0.4, 0.5) is 35.1 Å². The Morgan fingerprint density at radius 3 is 2.00 bits per heavy atom. The number of carbonyl (C=O) groups is 1. The molecule has 1 aliphatic heterocycles. The zero-order chi connectivity index (χ0) is 21.5. The Morgan fingerprint density at radius 2 is 1.61 bits per heavy atom. The van der Waals surface area contributed by atoms with Crippen molar-refractivity contribution in [3.05, 3.63) is 0 Å². The largest absolute Gasteiger partial charge is 0.449 e. The molecule has 2 aliphatic carbocycles. The number of esters is 1. The summed E-state index contributed by atoms with van der Waals surface area (Å²) in [5.74, 6) is -14.6. The molecule has 0 amide bonds. The van der Waals surface area contributed by atoms with Crippen molar-refractivity contribution in [2.24, 2.45) is 29.6 Å². The lowest BCUT2D eigenvalue weighted by Gasteiger charge is -2.39. The van der Waals surface area contributed by atoms with Crippen molar-refractivity contribution in [1.29, 1.82) is 0 Å². The van der Waals surface area contributed by atoms with Crippen molar-refractivity contribution < 1.29 is 54.5 Å². The maximum atomic E-state index is 14.4. The Morgan fingerprint density at radius 1 is 1.04 bits per heavy atom. The van der Waals surface area contributed by atoms with Gasteiger partial charge >= 0.3 is 30.0 Å². The predicted octanol–water partition coefficient (Wildman–Crippen LogP) is 3.68. The van der Waals surface area contributed by atoms with Gasteiger partial charge in [0.15, 0.2) is 0 Å². The summed E-state index contributed by atoms with van der Waals surface area (Å²) in [5, 5.41) is 9.23. The molecule has 28 heavy (non-hydrogen) atoms. The second-order valence-electron chi connectivity index (χ2n) is 7.97. The molecule has 2 saturated carbocycles. The fourth-order valence-corrected chi connectivity index (χ4v) is 4.79. The Kier molecular flexibility index (Phi) is 4.56. The van der Waals surface area contributed by atoms with Gasteiger partial charge in [-0.3, -0.25) is 4.79 Å². The molecule has 3 aliphatic rings. The highest BCUT2D eigenvalue weighted by Crippen LogP contribution is 2.61. The van der Waals surface area contributed by atoms with E-state index in [0.717, 1.165) is 0 Å². The van der Waals surface area contributed by atoms with Crippen molar-refractivity contribution in [1.82, 2.24) is 0 Å². The summed E-state index contributed by atoms with van der Waals surface area (Å²) >= 11 is 0. The standard InChI is InChI=1S/C16H18F8O4/c1-6-7(2)9-3-8(6)4-10(9)11(25)28-12(15(19,20)21)5-27-14(26,13(12,17)18)16(22,23)24/h6-10,26H,3-5H2,1-2H3. The number of alkyl halides is 8. The van der Waals surface area contributed by atoms with Gasteiger partial charge in [0.25, 0.3) is 5.60 Å². The Labute approximate surface area is 154 Å². The van der Waals surface area contributed by atoms with E-state index in [1.54, 1.807) is 6.92 Å². The molecule has 0 radical (unpaired) electrons. The van der Waals surface area contributed by atoms with Gasteiger partial charge in [0.1, 0.15) is 6.61 Å². The van der Waals surface area contributed by atoms with Crippen LogP contribution in [0.1, 0.15) is 26.7 Å². The second kappa shape index (κ2) is 5.93. The molecule has 3 rings (SSSR count). The number of carbonyl (C=O) groups excluding carboxylic acids is 1. The van der Waals surface area contributed by atoms with E-state index in [1.165, 1.54) is 0 Å². The minimum Gasteiger partial charge on any atom is -0.440 e. The zero-order valence-electron chi connectivity index (χ0n) is 14.7. The molecule has 2 bridgehead atoms. The average Bonchev–Trinajstić information content (AvgIpc) is 3.14. The van der Waals surface area contributed by atoms with Crippen LogP contribution >= 0.6 is 0 Å². The van der Waals surface area contributed by atoms with Crippen LogP contribution < -0.4 is 0 Å². The first-order chi connectivity index (χ1) is 12.5. The number of fused-ring (bicyclic) bond motifs is 2. The number of aliphatic hydroxyl groups is 1. The molecule has 12 heteroatoms. The third-order valence-corrected chi connectivity index (χ3v) is 6.73. The molecule has 1 N–H and O–H groups in total. The molecule has 7 unspecified atom stereocenters. The topological polar surface area (TPSA) is 55.8 Å². The molecule has 1 saturated heterocycles. The number of hydrogen-bond donors (Lipinski definition) is 1. The van der Waals surface area contributed by atoms with Crippen molar-refractivity contribution >= 4 is 5.97 Å². The summed E-state index contributed by atoms with van der Waals surface area (Å²) in [4.78, 5) is 12.4. The summed E-state index contributed by atoms with van der Waals surface area (Å²) in [6.07, 6.45) is -11.8. The molecule has 162 valence electrons. The quantitative estimate of drug-likeness (QED) is 0.541. The van der Waals surface area contributed by atoms with Gasteiger partial charge in [-0.25, -0.2) is 0 Å². The second-order valence-corrected chi connectivity index (χ2v) is 7.97. The van der Waals surface area contributed by atoms with Crippen LogP contribution in [-0.2, 0) is 14.3 Å². The van der Waals surface area contributed by atoms with Gasteiger partial charge in [-0.1, -0.05) is 13.8 Å². The zero-order valence-corrected chi connectivity index (χ0v) is 14.7. The first kappa shape index (κ1) is 21.5. The third-order valence-electron chi connectivity index (χ3n) is 6.73. The lowest BCUT2D eigenvalue weighted by atomic mass is 9.75. The van der Waals surface area contributed by atoms with Gasteiger partial charge in [0, 0.05) is 0 Å². The van der Waals surface area contributed by atoms with Gasteiger partial charge < -0.3 is 14.6 Å². The van der Waals surface area contributed by atoms with E-state index in [-0.39, 0.29) is 24.2 Å².